The number of carbonyl (C=O) groups excluding carboxylic acids is 3. The molecule has 1 amide bonds. The highest BCUT2D eigenvalue weighted by Gasteiger charge is 2.42. The Kier molecular flexibility index (Phi) is 11.3. The van der Waals surface area contributed by atoms with Crippen molar-refractivity contribution in [3.8, 4) is 0 Å². The van der Waals surface area contributed by atoms with Gasteiger partial charge in [-0.05, 0) is 72.6 Å². The van der Waals surface area contributed by atoms with E-state index in [1.165, 1.54) is 5.56 Å². The zero-order chi connectivity index (χ0) is 32.0. The van der Waals surface area contributed by atoms with E-state index in [1.54, 1.807) is 18.2 Å². The van der Waals surface area contributed by atoms with E-state index in [4.69, 9.17) is 10.7 Å². The molecule has 0 spiro atoms. The summed E-state index contributed by atoms with van der Waals surface area (Å²) >= 11 is 0. The fraction of sp³-hybridized carbons (Fsp3) is 0.526. The molecule has 3 unspecified atom stereocenters. The Morgan fingerprint density at radius 1 is 0.841 bits per heavy atom. The minimum absolute atomic E-state index is 0.0642. The molecule has 0 saturated carbocycles. The smallest absolute Gasteiger partial charge is 0.253 e. The van der Waals surface area contributed by atoms with Crippen molar-refractivity contribution >= 4 is 34.1 Å². The first kappa shape index (κ1) is 33.4. The lowest BCUT2D eigenvalue weighted by molar-refractivity contribution is 0.0684. The van der Waals surface area contributed by atoms with Crippen molar-refractivity contribution in [3.05, 3.63) is 70.4 Å². The number of aromatic nitrogens is 1. The quantitative estimate of drug-likeness (QED) is 0.177. The molecule has 1 aromatic heterocycles. The minimum atomic E-state index is -1.10. The van der Waals surface area contributed by atoms with Gasteiger partial charge in [-0.15, -0.1) is 0 Å². The number of Topliss-reactive ketones (excluding diaryl/α,β-unsaturated/α-hetero) is 2. The molecule has 0 saturated heterocycles. The van der Waals surface area contributed by atoms with Crippen molar-refractivity contribution < 1.29 is 14.4 Å². The van der Waals surface area contributed by atoms with Gasteiger partial charge in [0, 0.05) is 35.2 Å². The Hall–Kier alpha value is -3.54. The van der Waals surface area contributed by atoms with E-state index in [9.17, 15) is 14.4 Å². The number of rotatable bonds is 15. The third-order valence-electron chi connectivity index (χ3n) is 9.49. The maximum Gasteiger partial charge on any atom is 0.253 e. The highest BCUT2D eigenvalue weighted by molar-refractivity contribution is 6.30. The first-order chi connectivity index (χ1) is 21.1. The van der Waals surface area contributed by atoms with Crippen LogP contribution in [0.3, 0.4) is 0 Å². The lowest BCUT2D eigenvalue weighted by atomic mass is 9.95. The number of nitrogens with two attached hydrogens (primary N) is 1. The first-order valence-electron chi connectivity index (χ1n) is 16.8. The van der Waals surface area contributed by atoms with E-state index < -0.39 is 5.92 Å². The molecular formula is C38H51N3O3. The van der Waals surface area contributed by atoms with Gasteiger partial charge in [0.25, 0.3) is 5.91 Å². The Labute approximate surface area is 263 Å². The summed E-state index contributed by atoms with van der Waals surface area (Å²) < 4.78 is 0. The molecule has 2 aromatic carbocycles. The van der Waals surface area contributed by atoms with Gasteiger partial charge in [-0.1, -0.05) is 86.1 Å². The fourth-order valence-electron chi connectivity index (χ4n) is 6.47. The minimum Gasteiger partial charge on any atom is -0.397 e. The number of hydrogen-bond donors (Lipinski definition) is 1. The zero-order valence-electron chi connectivity index (χ0n) is 27.6. The van der Waals surface area contributed by atoms with Crippen LogP contribution in [0.1, 0.15) is 147 Å². The van der Waals surface area contributed by atoms with Gasteiger partial charge in [-0.3, -0.25) is 14.4 Å². The van der Waals surface area contributed by atoms with E-state index in [1.807, 2.05) is 23.1 Å². The van der Waals surface area contributed by atoms with Crippen molar-refractivity contribution in [2.24, 2.45) is 11.8 Å². The molecule has 0 radical (unpaired) electrons. The van der Waals surface area contributed by atoms with Crippen LogP contribution in [0.25, 0.3) is 10.9 Å². The van der Waals surface area contributed by atoms with Crippen LogP contribution in [0.4, 0.5) is 5.69 Å². The summed E-state index contributed by atoms with van der Waals surface area (Å²) in [6.45, 7) is 14.5. The van der Waals surface area contributed by atoms with E-state index in [-0.39, 0.29) is 17.5 Å². The summed E-state index contributed by atoms with van der Waals surface area (Å²) in [5, 5.41) is 0.884. The average Bonchev–Trinajstić information content (AvgIpc) is 3.27. The Morgan fingerprint density at radius 3 is 2.02 bits per heavy atom. The molecule has 3 aromatic rings. The van der Waals surface area contributed by atoms with Gasteiger partial charge < -0.3 is 10.6 Å². The predicted molar refractivity (Wildman–Crippen MR) is 181 cm³/mol. The first-order valence-corrected chi connectivity index (χ1v) is 16.8. The van der Waals surface area contributed by atoms with Crippen LogP contribution in [0.5, 0.6) is 0 Å². The van der Waals surface area contributed by atoms with Gasteiger partial charge in [-0.25, -0.2) is 4.98 Å². The monoisotopic (exact) mass is 597 g/mol. The van der Waals surface area contributed by atoms with Crippen molar-refractivity contribution in [2.45, 2.75) is 105 Å². The molecule has 3 atom stereocenters. The average molecular weight is 598 g/mol. The van der Waals surface area contributed by atoms with Crippen molar-refractivity contribution in [1.82, 2.24) is 9.88 Å². The molecular weight excluding hydrogens is 546 g/mol. The number of pyridine rings is 1. The van der Waals surface area contributed by atoms with Crippen LogP contribution in [0.2, 0.25) is 0 Å². The molecule has 1 heterocycles. The van der Waals surface area contributed by atoms with E-state index in [0.717, 1.165) is 56.8 Å². The molecule has 6 heteroatoms. The summed E-state index contributed by atoms with van der Waals surface area (Å²) in [4.78, 5) is 48.3. The Bertz CT molecular complexity index is 1480. The number of amides is 1. The number of hydrogen-bond acceptors (Lipinski definition) is 5. The SMILES string of the molecule is CCCCC(CC)CN(CC(CC)CCCC)C(=O)c1ccc2c(c1)C(=O)C(c1nc3ccc(C(C)C)cc3cc1N)C2=O. The Morgan fingerprint density at radius 2 is 1.45 bits per heavy atom. The van der Waals surface area contributed by atoms with Crippen LogP contribution in [-0.4, -0.2) is 40.4 Å². The number of fused-ring (bicyclic) bond motifs is 2. The standard InChI is InChI=1S/C38H51N3O3/c1-7-11-13-25(9-3)22-41(23-26(10-4)14-12-8-2)38(44)28-15-17-30-31(20-28)37(43)34(36(30)42)35-32(39)21-29-19-27(24(5)6)16-18-33(29)40-35/h15-21,24-26,34H,7-14,22-23,39H2,1-6H3. The largest absolute Gasteiger partial charge is 0.397 e. The van der Waals surface area contributed by atoms with Crippen molar-refractivity contribution in [1.29, 1.82) is 0 Å². The molecule has 0 bridgehead atoms. The van der Waals surface area contributed by atoms with Crippen molar-refractivity contribution in [2.75, 3.05) is 18.8 Å². The molecule has 0 fully saturated rings. The van der Waals surface area contributed by atoms with Crippen LogP contribution in [0.15, 0.2) is 42.5 Å². The topological polar surface area (TPSA) is 93.4 Å². The van der Waals surface area contributed by atoms with Crippen molar-refractivity contribution in [3.63, 3.8) is 0 Å². The number of carbonyl (C=O) groups is 3. The highest BCUT2D eigenvalue weighted by atomic mass is 16.2. The lowest BCUT2D eigenvalue weighted by Gasteiger charge is -2.31. The number of benzene rings is 2. The van der Waals surface area contributed by atoms with Crippen LogP contribution < -0.4 is 5.73 Å². The molecule has 1 aliphatic carbocycles. The number of ketones is 2. The summed E-state index contributed by atoms with van der Waals surface area (Å²) in [7, 11) is 0. The molecule has 44 heavy (non-hydrogen) atoms. The molecule has 4 rings (SSSR count). The number of nitrogens with zero attached hydrogens (tertiary/aromatic N) is 2. The predicted octanol–water partition coefficient (Wildman–Crippen LogP) is 8.98. The fourth-order valence-corrected chi connectivity index (χ4v) is 6.47. The van der Waals surface area contributed by atoms with Gasteiger partial charge in [0.1, 0.15) is 5.92 Å². The third-order valence-corrected chi connectivity index (χ3v) is 9.49. The van der Waals surface area contributed by atoms with E-state index >= 15 is 0 Å². The normalized spacial score (nSPS) is 16.0. The number of nitrogen functional groups attached to an aromatic ring is 1. The van der Waals surface area contributed by atoms with Crippen LogP contribution in [0, 0.1) is 11.8 Å². The van der Waals surface area contributed by atoms with Crippen LogP contribution >= 0.6 is 0 Å². The van der Waals surface area contributed by atoms with Gasteiger partial charge in [0.05, 0.1) is 16.9 Å². The molecule has 6 nitrogen and oxygen atoms in total. The van der Waals surface area contributed by atoms with Gasteiger partial charge in [-0.2, -0.15) is 0 Å². The molecule has 2 N–H and O–H groups in total. The van der Waals surface area contributed by atoms with Crippen LogP contribution in [-0.2, 0) is 0 Å². The van der Waals surface area contributed by atoms with E-state index in [2.05, 4.69) is 47.6 Å². The third kappa shape index (κ3) is 7.22. The van der Waals surface area contributed by atoms with Gasteiger partial charge in [0.15, 0.2) is 11.6 Å². The second-order valence-corrected chi connectivity index (χ2v) is 13.0. The summed E-state index contributed by atoms with van der Waals surface area (Å²) in [5.74, 6) is -0.592. The van der Waals surface area contributed by atoms with Gasteiger partial charge >= 0.3 is 0 Å². The summed E-state index contributed by atoms with van der Waals surface area (Å²) in [6.07, 6.45) is 8.80. The maximum absolute atomic E-state index is 14.1. The lowest BCUT2D eigenvalue weighted by Crippen LogP contribution is -2.39. The highest BCUT2D eigenvalue weighted by Crippen LogP contribution is 2.37. The maximum atomic E-state index is 14.1. The molecule has 0 aliphatic heterocycles. The number of unbranched alkanes of at least 4 members (excludes halogenated alkanes) is 2. The Balaban J connectivity index is 1.64. The molecule has 236 valence electrons. The second-order valence-electron chi connectivity index (χ2n) is 13.0. The number of anilines is 1. The van der Waals surface area contributed by atoms with E-state index in [0.29, 0.717) is 64.4 Å². The summed E-state index contributed by atoms with van der Waals surface area (Å²) in [6, 6.07) is 12.8. The molecule has 1 aliphatic rings. The second kappa shape index (κ2) is 15.0. The summed E-state index contributed by atoms with van der Waals surface area (Å²) in [5.41, 5.74) is 10.0. The zero-order valence-corrected chi connectivity index (χ0v) is 27.6. The van der Waals surface area contributed by atoms with Gasteiger partial charge in [0.2, 0.25) is 0 Å².